The zero-order chi connectivity index (χ0) is 15.9. The summed E-state index contributed by atoms with van der Waals surface area (Å²) < 4.78 is 0. The van der Waals surface area contributed by atoms with Crippen molar-refractivity contribution in [1.82, 2.24) is 5.01 Å². The van der Waals surface area contributed by atoms with Crippen molar-refractivity contribution in [1.29, 1.82) is 0 Å². The quantitative estimate of drug-likeness (QED) is 0.768. The minimum atomic E-state index is -0.240. The number of anilines is 1. The zero-order valence-corrected chi connectivity index (χ0v) is 13.9. The van der Waals surface area contributed by atoms with Gasteiger partial charge in [-0.3, -0.25) is 4.90 Å². The average Bonchev–Trinajstić information content (AvgIpc) is 2.77. The molecule has 2 amide bonds. The summed E-state index contributed by atoms with van der Waals surface area (Å²) in [5, 5.41) is 6.42. The smallest absolute Gasteiger partial charge is 0.296 e. The molecule has 3 rings (SSSR count). The summed E-state index contributed by atoms with van der Waals surface area (Å²) in [5.41, 5.74) is 1.86. The van der Waals surface area contributed by atoms with Crippen LogP contribution in [0.25, 0.3) is 0 Å². The highest BCUT2D eigenvalue weighted by Crippen LogP contribution is 2.42. The monoisotopic (exact) mass is 299 g/mol. The van der Waals surface area contributed by atoms with Crippen LogP contribution in [0.5, 0.6) is 0 Å². The van der Waals surface area contributed by atoms with Crippen molar-refractivity contribution in [2.24, 2.45) is 16.9 Å². The molecule has 4 nitrogen and oxygen atoms in total. The molecule has 0 radical (unpaired) electrons. The van der Waals surface area contributed by atoms with Crippen LogP contribution in [0.2, 0.25) is 0 Å². The molecule has 1 heterocycles. The largest absolute Gasteiger partial charge is 0.345 e. The van der Waals surface area contributed by atoms with Crippen molar-refractivity contribution >= 4 is 17.4 Å². The SMILES string of the molecule is C[C@@H]1CCC2C(=NN(C(=O)N(C)c3ccccc3)C2(C)C)C1. The van der Waals surface area contributed by atoms with Crippen molar-refractivity contribution in [3.63, 3.8) is 0 Å². The third kappa shape index (κ3) is 2.40. The molecule has 4 heteroatoms. The van der Waals surface area contributed by atoms with Gasteiger partial charge in [-0.05, 0) is 51.2 Å². The van der Waals surface area contributed by atoms with Crippen molar-refractivity contribution in [3.05, 3.63) is 30.3 Å². The van der Waals surface area contributed by atoms with Gasteiger partial charge >= 0.3 is 6.03 Å². The number of hydrogen-bond donors (Lipinski definition) is 0. The maximum absolute atomic E-state index is 12.9. The molecule has 1 saturated carbocycles. The predicted molar refractivity (Wildman–Crippen MR) is 90.1 cm³/mol. The summed E-state index contributed by atoms with van der Waals surface area (Å²) in [6, 6.07) is 9.69. The summed E-state index contributed by atoms with van der Waals surface area (Å²) in [5.74, 6) is 1.07. The van der Waals surface area contributed by atoms with Crippen LogP contribution in [0.4, 0.5) is 10.5 Å². The van der Waals surface area contributed by atoms with Gasteiger partial charge < -0.3 is 0 Å². The van der Waals surface area contributed by atoms with Crippen LogP contribution < -0.4 is 4.90 Å². The fraction of sp³-hybridized carbons (Fsp3) is 0.556. The maximum Gasteiger partial charge on any atom is 0.345 e. The first kappa shape index (κ1) is 15.1. The summed E-state index contributed by atoms with van der Waals surface area (Å²) >= 11 is 0. The number of benzene rings is 1. The van der Waals surface area contributed by atoms with Crippen LogP contribution >= 0.6 is 0 Å². The number of hydrazone groups is 1. The minimum absolute atomic E-state index is 0.0502. The zero-order valence-electron chi connectivity index (χ0n) is 13.9. The van der Waals surface area contributed by atoms with Gasteiger partial charge in [0.1, 0.15) is 0 Å². The number of fused-ring (bicyclic) bond motifs is 1. The van der Waals surface area contributed by atoms with Crippen LogP contribution in [0.3, 0.4) is 0 Å². The highest BCUT2D eigenvalue weighted by molar-refractivity contribution is 5.97. The van der Waals surface area contributed by atoms with Crippen LogP contribution in [0.15, 0.2) is 35.4 Å². The van der Waals surface area contributed by atoms with Gasteiger partial charge in [-0.15, -0.1) is 0 Å². The van der Waals surface area contributed by atoms with E-state index < -0.39 is 0 Å². The van der Waals surface area contributed by atoms with Gasteiger partial charge in [0.05, 0.1) is 5.54 Å². The predicted octanol–water partition coefficient (Wildman–Crippen LogP) is 4.13. The Hall–Kier alpha value is -1.84. The molecule has 22 heavy (non-hydrogen) atoms. The Labute approximate surface area is 132 Å². The lowest BCUT2D eigenvalue weighted by Gasteiger charge is -2.38. The highest BCUT2D eigenvalue weighted by Gasteiger charge is 2.48. The first-order chi connectivity index (χ1) is 10.4. The molecule has 0 spiro atoms. The maximum atomic E-state index is 12.9. The number of rotatable bonds is 1. The Morgan fingerprint density at radius 1 is 1.27 bits per heavy atom. The summed E-state index contributed by atoms with van der Waals surface area (Å²) in [6.45, 7) is 6.55. The molecule has 2 atom stereocenters. The average molecular weight is 299 g/mol. The normalized spacial score (nSPS) is 26.4. The second-order valence-electron chi connectivity index (χ2n) is 7.17. The molecule has 118 valence electrons. The first-order valence-electron chi connectivity index (χ1n) is 8.11. The standard InChI is InChI=1S/C18H25N3O/c1-13-10-11-15-16(12-13)19-21(18(15,2)3)17(22)20(4)14-8-6-5-7-9-14/h5-9,13,15H,10-12H2,1-4H3/t13-,15?/m1/s1. The molecule has 0 N–H and O–H groups in total. The number of hydrogen-bond acceptors (Lipinski definition) is 2. The molecule has 0 bridgehead atoms. The molecular formula is C18H25N3O. The van der Waals surface area contributed by atoms with E-state index in [4.69, 9.17) is 5.10 Å². The number of amides is 2. The molecule has 1 aliphatic heterocycles. The number of para-hydroxylation sites is 1. The van der Waals surface area contributed by atoms with Gasteiger partial charge in [0.2, 0.25) is 0 Å². The minimum Gasteiger partial charge on any atom is -0.296 e. The highest BCUT2D eigenvalue weighted by atomic mass is 16.2. The van der Waals surface area contributed by atoms with Crippen LogP contribution in [0, 0.1) is 11.8 Å². The molecule has 1 aliphatic carbocycles. The molecule has 1 aromatic carbocycles. The van der Waals surface area contributed by atoms with Gasteiger partial charge in [-0.25, -0.2) is 9.80 Å². The summed E-state index contributed by atoms with van der Waals surface area (Å²) in [4.78, 5) is 14.6. The Bertz CT molecular complexity index is 594. The van der Waals surface area contributed by atoms with E-state index in [9.17, 15) is 4.79 Å². The van der Waals surface area contributed by atoms with Crippen LogP contribution in [-0.4, -0.2) is 29.3 Å². The van der Waals surface area contributed by atoms with Gasteiger partial charge in [-0.1, -0.05) is 25.1 Å². The molecule has 0 aromatic heterocycles. The Morgan fingerprint density at radius 2 is 1.95 bits per heavy atom. The van der Waals surface area contributed by atoms with Crippen molar-refractivity contribution in [2.75, 3.05) is 11.9 Å². The molecule has 1 aromatic rings. The lowest BCUT2D eigenvalue weighted by molar-refractivity contribution is 0.133. The van der Waals surface area contributed by atoms with E-state index in [1.54, 1.807) is 9.91 Å². The molecule has 1 fully saturated rings. The Kier molecular flexibility index (Phi) is 3.71. The summed E-state index contributed by atoms with van der Waals surface area (Å²) in [7, 11) is 1.82. The topological polar surface area (TPSA) is 35.9 Å². The lowest BCUT2D eigenvalue weighted by atomic mass is 9.73. The van der Waals surface area contributed by atoms with Gasteiger partial charge in [0.15, 0.2) is 0 Å². The number of carbonyl (C=O) groups excluding carboxylic acids is 1. The van der Waals surface area contributed by atoms with E-state index in [-0.39, 0.29) is 11.6 Å². The van der Waals surface area contributed by atoms with E-state index in [0.29, 0.717) is 11.8 Å². The van der Waals surface area contributed by atoms with Crippen molar-refractivity contribution in [3.8, 4) is 0 Å². The molecule has 2 aliphatic rings. The lowest BCUT2D eigenvalue weighted by Crippen LogP contribution is -2.51. The fourth-order valence-electron chi connectivity index (χ4n) is 3.69. The fourth-order valence-corrected chi connectivity index (χ4v) is 3.69. The van der Waals surface area contributed by atoms with E-state index in [0.717, 1.165) is 18.5 Å². The van der Waals surface area contributed by atoms with Gasteiger partial charge in [-0.2, -0.15) is 5.10 Å². The molecular weight excluding hydrogens is 274 g/mol. The van der Waals surface area contributed by atoms with Crippen LogP contribution in [-0.2, 0) is 0 Å². The first-order valence-corrected chi connectivity index (χ1v) is 8.11. The van der Waals surface area contributed by atoms with E-state index in [1.165, 1.54) is 12.1 Å². The second-order valence-corrected chi connectivity index (χ2v) is 7.17. The third-order valence-electron chi connectivity index (χ3n) is 5.15. The van der Waals surface area contributed by atoms with E-state index >= 15 is 0 Å². The van der Waals surface area contributed by atoms with E-state index in [1.807, 2.05) is 37.4 Å². The van der Waals surface area contributed by atoms with E-state index in [2.05, 4.69) is 20.8 Å². The van der Waals surface area contributed by atoms with Gasteiger partial charge in [0.25, 0.3) is 0 Å². The second kappa shape index (κ2) is 5.41. The van der Waals surface area contributed by atoms with Crippen LogP contribution in [0.1, 0.15) is 40.0 Å². The summed E-state index contributed by atoms with van der Waals surface area (Å²) in [6.07, 6.45) is 3.38. The van der Waals surface area contributed by atoms with Gasteiger partial charge in [0, 0.05) is 24.4 Å². The Balaban J connectivity index is 1.86. The number of carbonyl (C=O) groups is 1. The van der Waals surface area contributed by atoms with Crippen molar-refractivity contribution < 1.29 is 4.79 Å². The number of urea groups is 1. The Morgan fingerprint density at radius 3 is 2.64 bits per heavy atom. The number of nitrogens with zero attached hydrogens (tertiary/aromatic N) is 3. The van der Waals surface area contributed by atoms with Crippen molar-refractivity contribution in [2.45, 2.75) is 45.6 Å². The molecule has 0 saturated heterocycles. The third-order valence-corrected chi connectivity index (χ3v) is 5.15. The molecule has 1 unspecified atom stereocenters.